The summed E-state index contributed by atoms with van der Waals surface area (Å²) in [6.07, 6.45) is 0.0144. The van der Waals surface area contributed by atoms with Crippen molar-refractivity contribution in [2.45, 2.75) is 74.1 Å². The number of rotatable bonds is 14. The molecule has 1 aromatic rings. The maximum Gasteiger partial charge on any atom is 0.353 e. The van der Waals surface area contributed by atoms with Gasteiger partial charge in [-0.25, -0.2) is 9.36 Å². The van der Waals surface area contributed by atoms with E-state index in [1.807, 2.05) is 62.3 Å². The molecule has 256 valence electrons. The van der Waals surface area contributed by atoms with Gasteiger partial charge in [0.2, 0.25) is 0 Å². The molecule has 0 fully saturated rings. The Hall–Kier alpha value is -2.51. The van der Waals surface area contributed by atoms with Gasteiger partial charge in [0, 0.05) is 39.7 Å². The van der Waals surface area contributed by atoms with Crippen molar-refractivity contribution in [3.63, 3.8) is 0 Å². The molecule has 0 radical (unpaired) electrons. The van der Waals surface area contributed by atoms with Gasteiger partial charge < -0.3 is 24.7 Å². The summed E-state index contributed by atoms with van der Waals surface area (Å²) in [4.78, 5) is 54.1. The van der Waals surface area contributed by atoms with Gasteiger partial charge in [-0.1, -0.05) is 97.6 Å². The fraction of sp³-hybridized carbons (Fsp3) is 0.677. The predicted molar refractivity (Wildman–Crippen MR) is 182 cm³/mol. The van der Waals surface area contributed by atoms with E-state index in [2.05, 4.69) is 11.1 Å². The minimum atomic E-state index is -2.09. The van der Waals surface area contributed by atoms with Crippen LogP contribution in [0.3, 0.4) is 0 Å². The standard InChI is InChI=1S/C31H46N4O8S3/c1-28(2,3)24(36)44-15-12-40-18-20-22(41-13-16-45-25(37)29(4,5)6)23(42-14-17-46-26(38)30(7,8)9)31(19-32,43-20)35-11-10-21(33)34-27(35)39/h10-11,23H,12-18H2,1-9H3,(H2,33,34,39)/t23?,31-/m1/s1. The monoisotopic (exact) mass is 698 g/mol. The summed E-state index contributed by atoms with van der Waals surface area (Å²) in [6, 6.07) is 3.43. The van der Waals surface area contributed by atoms with Gasteiger partial charge in [-0.15, -0.1) is 0 Å². The Bertz CT molecular complexity index is 1390. The number of hydrogen-bond donors (Lipinski definition) is 1. The highest BCUT2D eigenvalue weighted by molar-refractivity contribution is 8.14. The Morgan fingerprint density at radius 3 is 1.91 bits per heavy atom. The highest BCUT2D eigenvalue weighted by Gasteiger charge is 2.56. The zero-order chi connectivity index (χ0) is 34.9. The second-order valence-corrected chi connectivity index (χ2v) is 16.7. The van der Waals surface area contributed by atoms with Crippen molar-refractivity contribution >= 4 is 56.4 Å². The van der Waals surface area contributed by atoms with E-state index in [1.165, 1.54) is 12.3 Å². The Morgan fingerprint density at radius 1 is 0.935 bits per heavy atom. The quantitative estimate of drug-likeness (QED) is 0.268. The minimum Gasteiger partial charge on any atom is -0.490 e. The summed E-state index contributed by atoms with van der Waals surface area (Å²) in [6.45, 7) is 16.5. The number of nitrogens with zero attached hydrogens (tertiary/aromatic N) is 3. The average molecular weight is 699 g/mol. The number of carbonyl (C=O) groups excluding carboxylic acids is 3. The third kappa shape index (κ3) is 11.0. The number of nitrogens with two attached hydrogens (primary N) is 1. The molecule has 1 aliphatic heterocycles. The number of aromatic nitrogens is 2. The zero-order valence-corrected chi connectivity index (χ0v) is 30.5. The topological polar surface area (TPSA) is 173 Å². The van der Waals surface area contributed by atoms with E-state index < -0.39 is 33.8 Å². The van der Waals surface area contributed by atoms with Gasteiger partial charge in [-0.2, -0.15) is 10.2 Å². The summed E-state index contributed by atoms with van der Waals surface area (Å²) < 4.78 is 25.3. The van der Waals surface area contributed by atoms with Crippen LogP contribution in [0.1, 0.15) is 62.3 Å². The van der Waals surface area contributed by atoms with E-state index >= 15 is 0 Å². The summed E-state index contributed by atoms with van der Waals surface area (Å²) in [5.41, 5.74) is 1.18. The first-order valence-corrected chi connectivity index (χ1v) is 17.7. The number of carbonyl (C=O) groups is 3. The maximum absolute atomic E-state index is 13.0. The first kappa shape index (κ1) is 39.7. The third-order valence-electron chi connectivity index (χ3n) is 6.20. The number of anilines is 1. The van der Waals surface area contributed by atoms with E-state index in [4.69, 9.17) is 24.7 Å². The van der Waals surface area contributed by atoms with E-state index in [0.717, 1.165) is 39.9 Å². The second kappa shape index (κ2) is 16.5. The summed E-state index contributed by atoms with van der Waals surface area (Å²) in [7, 11) is 0. The zero-order valence-electron chi connectivity index (χ0n) is 28.1. The Morgan fingerprint density at radius 2 is 1.43 bits per heavy atom. The minimum absolute atomic E-state index is 0.00487. The van der Waals surface area contributed by atoms with Crippen molar-refractivity contribution in [2.24, 2.45) is 16.2 Å². The highest BCUT2D eigenvalue weighted by Crippen LogP contribution is 2.41. The van der Waals surface area contributed by atoms with Crippen LogP contribution in [0.5, 0.6) is 0 Å². The number of hydrogen-bond acceptors (Lipinski definition) is 14. The third-order valence-corrected chi connectivity index (χ3v) is 9.93. The molecule has 0 saturated heterocycles. The molecule has 2 N–H and O–H groups in total. The lowest BCUT2D eigenvalue weighted by Gasteiger charge is -2.30. The normalized spacial score (nSPS) is 18.7. The Labute approximate surface area is 283 Å². The van der Waals surface area contributed by atoms with Crippen LogP contribution in [0.2, 0.25) is 0 Å². The molecular formula is C31H46N4O8S3. The molecule has 1 unspecified atom stereocenters. The van der Waals surface area contributed by atoms with Gasteiger partial charge in [0.1, 0.15) is 18.5 Å². The molecule has 0 aliphatic carbocycles. The summed E-state index contributed by atoms with van der Waals surface area (Å²) in [5.74, 6) is 1.11. The first-order valence-electron chi connectivity index (χ1n) is 14.8. The van der Waals surface area contributed by atoms with Crippen LogP contribution < -0.4 is 11.4 Å². The molecule has 0 bridgehead atoms. The molecule has 0 amide bonds. The second-order valence-electron chi connectivity index (χ2n) is 13.5. The number of nitriles is 1. The molecule has 46 heavy (non-hydrogen) atoms. The molecule has 15 heteroatoms. The first-order chi connectivity index (χ1) is 21.2. The summed E-state index contributed by atoms with van der Waals surface area (Å²) in [5, 5.41) is 10.5. The molecule has 2 heterocycles. The van der Waals surface area contributed by atoms with Crippen LogP contribution in [0.25, 0.3) is 0 Å². The maximum atomic E-state index is 13.0. The Kier molecular flexibility index (Phi) is 14.3. The van der Waals surface area contributed by atoms with Gasteiger partial charge in [0.25, 0.3) is 0 Å². The van der Waals surface area contributed by atoms with Gasteiger partial charge >= 0.3 is 11.4 Å². The van der Waals surface area contributed by atoms with Crippen LogP contribution >= 0.6 is 35.3 Å². The van der Waals surface area contributed by atoms with Crippen LogP contribution in [-0.2, 0) is 39.1 Å². The predicted octanol–water partition coefficient (Wildman–Crippen LogP) is 4.58. The number of ether oxygens (including phenoxy) is 4. The fourth-order valence-electron chi connectivity index (χ4n) is 3.63. The van der Waals surface area contributed by atoms with Gasteiger partial charge in [-0.05, 0) is 6.07 Å². The highest BCUT2D eigenvalue weighted by atomic mass is 32.2. The lowest BCUT2D eigenvalue weighted by Crippen LogP contribution is -2.50. The number of nitrogen functional groups attached to an aromatic ring is 1. The van der Waals surface area contributed by atoms with Crippen molar-refractivity contribution in [2.75, 3.05) is 49.4 Å². The van der Waals surface area contributed by atoms with E-state index in [9.17, 15) is 24.4 Å². The molecule has 12 nitrogen and oxygen atoms in total. The van der Waals surface area contributed by atoms with Crippen molar-refractivity contribution in [3.8, 4) is 6.07 Å². The van der Waals surface area contributed by atoms with Gasteiger partial charge in [0.05, 0.1) is 19.8 Å². The van der Waals surface area contributed by atoms with Crippen LogP contribution in [0.15, 0.2) is 28.6 Å². The molecule has 1 aromatic heterocycles. The molecular weight excluding hydrogens is 653 g/mol. The Balaban J connectivity index is 2.39. The SMILES string of the molecule is CC(C)(C)C(=O)SCCOCC1=C(OCCSC(=O)C(C)(C)C)C(OCCSC(=O)C(C)(C)C)[C@](C#N)(n2ccc(N)nc2=O)O1. The molecule has 1 aliphatic rings. The van der Waals surface area contributed by atoms with Gasteiger partial charge in [-0.3, -0.25) is 14.4 Å². The van der Waals surface area contributed by atoms with Crippen molar-refractivity contribution in [3.05, 3.63) is 34.3 Å². The molecule has 0 aromatic carbocycles. The van der Waals surface area contributed by atoms with Crippen molar-refractivity contribution < 1.29 is 33.3 Å². The van der Waals surface area contributed by atoms with Crippen molar-refractivity contribution in [1.29, 1.82) is 5.26 Å². The average Bonchev–Trinajstić information content (AvgIpc) is 3.23. The van der Waals surface area contributed by atoms with E-state index in [0.29, 0.717) is 11.5 Å². The van der Waals surface area contributed by atoms with Crippen LogP contribution in [0.4, 0.5) is 5.82 Å². The lowest BCUT2D eigenvalue weighted by atomic mass is 9.99. The van der Waals surface area contributed by atoms with E-state index in [-0.39, 0.29) is 64.9 Å². The summed E-state index contributed by atoms with van der Waals surface area (Å²) >= 11 is 3.35. The van der Waals surface area contributed by atoms with Crippen LogP contribution in [-0.4, -0.2) is 74.7 Å². The fourth-order valence-corrected chi connectivity index (χ4v) is 6.04. The molecule has 0 saturated carbocycles. The number of thioether (sulfide) groups is 3. The lowest BCUT2D eigenvalue weighted by molar-refractivity contribution is -0.118. The smallest absolute Gasteiger partial charge is 0.353 e. The van der Waals surface area contributed by atoms with Crippen LogP contribution in [0, 0.1) is 27.6 Å². The molecule has 2 atom stereocenters. The van der Waals surface area contributed by atoms with Gasteiger partial charge in [0.15, 0.2) is 33.0 Å². The van der Waals surface area contributed by atoms with Crippen molar-refractivity contribution in [1.82, 2.24) is 9.55 Å². The largest absolute Gasteiger partial charge is 0.490 e. The molecule has 0 spiro atoms. The van der Waals surface area contributed by atoms with E-state index in [1.54, 1.807) is 0 Å². The molecule has 2 rings (SSSR count).